The van der Waals surface area contributed by atoms with E-state index in [0.717, 1.165) is 10.8 Å². The Balaban J connectivity index is 3.14. The van der Waals surface area contributed by atoms with Crippen molar-refractivity contribution in [3.8, 4) is 0 Å². The maximum atomic E-state index is 12.9. The third kappa shape index (κ3) is 2.90. The van der Waals surface area contributed by atoms with E-state index in [2.05, 4.69) is 10.2 Å². The molecule has 1 N–H and O–H groups in total. The van der Waals surface area contributed by atoms with Crippen LogP contribution in [0, 0.1) is 5.41 Å². The molecule has 1 atom stereocenters. The Morgan fingerprint density at radius 1 is 1.78 bits per heavy atom. The summed E-state index contributed by atoms with van der Waals surface area (Å²) in [5, 5.41) is 10.9. The quantitative estimate of drug-likeness (QED) is 0.507. The van der Waals surface area contributed by atoms with Crippen LogP contribution in [-0.4, -0.2) is 45.3 Å². The van der Waals surface area contributed by atoms with Gasteiger partial charge in [0.25, 0.3) is 0 Å². The second kappa shape index (κ2) is 6.53. The minimum absolute atomic E-state index is 0.155. The Hall–Kier alpha value is -1.37. The Morgan fingerprint density at radius 2 is 2.44 bits per heavy atom. The monoisotopic (exact) mass is 271 g/mol. The highest BCUT2D eigenvalue weighted by atomic mass is 32.2. The van der Waals surface area contributed by atoms with Crippen molar-refractivity contribution >= 4 is 23.8 Å². The molecule has 7 heteroatoms. The third-order valence-corrected chi connectivity index (χ3v) is 3.69. The van der Waals surface area contributed by atoms with Crippen molar-refractivity contribution in [3.05, 3.63) is 12.0 Å². The molecule has 1 unspecified atom stereocenters. The normalized spacial score (nSPS) is 13.5. The predicted octanol–water partition coefficient (Wildman–Crippen LogP) is 2.13. The summed E-state index contributed by atoms with van der Waals surface area (Å²) >= 11 is 1.58. The molecule has 0 aliphatic heterocycles. The molecule has 0 saturated carbocycles. The summed E-state index contributed by atoms with van der Waals surface area (Å²) in [6.45, 7) is 3.82. The maximum Gasteiger partial charge on any atom is 0.190 e. The van der Waals surface area contributed by atoms with Crippen LogP contribution in [0.3, 0.4) is 0 Å². The largest absolute Gasteiger partial charge is 0.348 e. The zero-order valence-corrected chi connectivity index (χ0v) is 11.8. The summed E-state index contributed by atoms with van der Waals surface area (Å²) < 4.78 is 14.8. The number of aromatic nitrogens is 2. The highest BCUT2D eigenvalue weighted by molar-refractivity contribution is 7.99. The van der Waals surface area contributed by atoms with Gasteiger partial charge in [-0.05, 0) is 12.7 Å². The molecule has 0 aliphatic rings. The van der Waals surface area contributed by atoms with Crippen molar-refractivity contribution in [1.29, 1.82) is 5.41 Å². The van der Waals surface area contributed by atoms with Crippen LogP contribution in [0.2, 0.25) is 0 Å². The summed E-state index contributed by atoms with van der Waals surface area (Å²) in [7, 11) is 3.56. The number of nitrogens with one attached hydrogen (secondary N) is 1. The van der Waals surface area contributed by atoms with Gasteiger partial charge in [-0.2, -0.15) is 0 Å². The highest BCUT2D eigenvalue weighted by Gasteiger charge is 2.21. The molecule has 0 bridgehead atoms. The van der Waals surface area contributed by atoms with Crippen LogP contribution in [-0.2, 0) is 7.05 Å². The van der Waals surface area contributed by atoms with Crippen molar-refractivity contribution in [1.82, 2.24) is 14.5 Å². The van der Waals surface area contributed by atoms with E-state index in [-0.39, 0.29) is 11.9 Å². The molecule has 100 valence electrons. The van der Waals surface area contributed by atoms with Crippen molar-refractivity contribution < 1.29 is 4.48 Å². The highest BCUT2D eigenvalue weighted by Crippen LogP contribution is 2.23. The Labute approximate surface area is 111 Å². The molecule has 18 heavy (non-hydrogen) atoms. The van der Waals surface area contributed by atoms with Gasteiger partial charge in [-0.3, -0.25) is 0 Å². The zero-order chi connectivity index (χ0) is 13.7. The van der Waals surface area contributed by atoms with Gasteiger partial charge in [0.15, 0.2) is 5.84 Å². The lowest BCUT2D eigenvalue weighted by atomic mass is 10.3. The molecule has 5 nitrogen and oxygen atoms in total. The van der Waals surface area contributed by atoms with Crippen molar-refractivity contribution in [3.63, 3.8) is 0 Å². The molecule has 0 aromatic carbocycles. The number of hydrogen-bond acceptors (Lipinski definition) is 4. The average Bonchev–Trinajstić information content (AvgIpc) is 2.72. The van der Waals surface area contributed by atoms with E-state index in [0.29, 0.717) is 5.69 Å². The third-order valence-electron chi connectivity index (χ3n) is 2.64. The van der Waals surface area contributed by atoms with Crippen molar-refractivity contribution in [2.45, 2.75) is 24.9 Å². The average molecular weight is 271 g/mol. The topological polar surface area (TPSA) is 57.3 Å². The van der Waals surface area contributed by atoms with Gasteiger partial charge in [-0.15, -0.1) is 11.8 Å². The number of rotatable bonds is 5. The first-order chi connectivity index (χ1) is 8.56. The fraction of sp³-hybridized carbons (Fsp3) is 0.545. The number of aryl methyl sites for hydroxylation is 1. The van der Waals surface area contributed by atoms with Gasteiger partial charge >= 0.3 is 0 Å². The molecule has 0 saturated heterocycles. The summed E-state index contributed by atoms with van der Waals surface area (Å²) in [5.41, 5.74) is 0.517. The van der Waals surface area contributed by atoms with Crippen LogP contribution in [0.5, 0.6) is 0 Å². The molecule has 0 fully saturated rings. The molecule has 0 amide bonds. The van der Waals surface area contributed by atoms with Crippen LogP contribution in [0.25, 0.3) is 0 Å². The lowest BCUT2D eigenvalue weighted by Gasteiger charge is -2.23. The number of thioether (sulfide) groups is 1. The smallest absolute Gasteiger partial charge is 0.190 e. The zero-order valence-electron chi connectivity index (χ0n) is 11.0. The van der Waals surface area contributed by atoms with Crippen molar-refractivity contribution in [2.24, 2.45) is 12.3 Å². The predicted molar refractivity (Wildman–Crippen MR) is 73.3 cm³/mol. The molecule has 1 aromatic rings. The summed E-state index contributed by atoms with van der Waals surface area (Å²) in [6, 6.07) is -0.235. The first-order valence-corrected chi connectivity index (χ1v) is 6.62. The molecule has 0 radical (unpaired) electrons. The van der Waals surface area contributed by atoms with E-state index < -0.39 is 0 Å². The standard InChI is InChI=1S/C11H18FN5S/c1-5-18-11-9(14-7-16(11)3)10(15-12)17(4)8(2)6-13/h6-8,13H,5H2,1-4H3/b13-6?,15-10-. The van der Waals surface area contributed by atoms with Crippen LogP contribution in [0.1, 0.15) is 19.5 Å². The van der Waals surface area contributed by atoms with Gasteiger partial charge in [-0.25, -0.2) is 4.98 Å². The van der Waals surface area contributed by atoms with Crippen LogP contribution in [0.4, 0.5) is 4.48 Å². The van der Waals surface area contributed by atoms with E-state index in [4.69, 9.17) is 5.41 Å². The van der Waals surface area contributed by atoms with Crippen LogP contribution < -0.4 is 0 Å². The van der Waals surface area contributed by atoms with E-state index >= 15 is 0 Å². The van der Waals surface area contributed by atoms with Gasteiger partial charge in [0, 0.05) is 20.3 Å². The van der Waals surface area contributed by atoms with Gasteiger partial charge in [0.05, 0.1) is 12.4 Å². The minimum atomic E-state index is -0.235. The van der Waals surface area contributed by atoms with Crippen LogP contribution in [0.15, 0.2) is 16.6 Å². The van der Waals surface area contributed by atoms with Gasteiger partial charge in [0.1, 0.15) is 10.7 Å². The fourth-order valence-electron chi connectivity index (χ4n) is 1.45. The van der Waals surface area contributed by atoms with Gasteiger partial charge in [-0.1, -0.05) is 16.6 Å². The number of halogens is 1. The Kier molecular flexibility index (Phi) is 5.33. The van der Waals surface area contributed by atoms with E-state index in [1.807, 2.05) is 18.5 Å². The first kappa shape index (κ1) is 14.7. The lowest BCUT2D eigenvalue weighted by molar-refractivity contribution is 0.443. The number of hydrogen-bond donors (Lipinski definition) is 1. The van der Waals surface area contributed by atoms with E-state index in [1.54, 1.807) is 37.0 Å². The van der Waals surface area contributed by atoms with E-state index in [1.165, 1.54) is 6.21 Å². The summed E-state index contributed by atoms with van der Waals surface area (Å²) in [4.78, 5) is 5.79. The van der Waals surface area contributed by atoms with Gasteiger partial charge < -0.3 is 14.9 Å². The molecule has 0 aliphatic carbocycles. The second-order valence-electron chi connectivity index (χ2n) is 3.87. The minimum Gasteiger partial charge on any atom is -0.348 e. The van der Waals surface area contributed by atoms with Crippen LogP contribution >= 0.6 is 11.8 Å². The fourth-order valence-corrected chi connectivity index (χ4v) is 2.26. The SMILES string of the molecule is CCSc1c(/C(=N/F)N(C)C(C)C=N)ncn1C. The second-order valence-corrected chi connectivity index (χ2v) is 5.12. The Bertz CT molecular complexity index is 443. The maximum absolute atomic E-state index is 12.9. The molecular formula is C11H18FN5S. The molecule has 1 aromatic heterocycles. The number of amidine groups is 1. The Morgan fingerprint density at radius 3 is 2.94 bits per heavy atom. The van der Waals surface area contributed by atoms with E-state index in [9.17, 15) is 4.48 Å². The number of nitrogens with zero attached hydrogens (tertiary/aromatic N) is 4. The molecule has 1 heterocycles. The van der Waals surface area contributed by atoms with Gasteiger partial charge in [0.2, 0.25) is 0 Å². The summed E-state index contributed by atoms with van der Waals surface area (Å²) in [6.07, 6.45) is 2.88. The summed E-state index contributed by atoms with van der Waals surface area (Å²) in [5.74, 6) is 1.03. The number of imidazole rings is 1. The van der Waals surface area contributed by atoms with Crippen molar-refractivity contribution in [2.75, 3.05) is 12.8 Å². The molecular weight excluding hydrogens is 253 g/mol. The molecule has 1 rings (SSSR count). The molecule has 0 spiro atoms. The first-order valence-electron chi connectivity index (χ1n) is 5.63. The lowest BCUT2D eigenvalue weighted by Crippen LogP contribution is -2.36.